The fraction of sp³-hybridized carbons (Fsp3) is 0.235. The fourth-order valence-electron chi connectivity index (χ4n) is 1.92. The predicted molar refractivity (Wildman–Crippen MR) is 84.4 cm³/mol. The Kier molecular flexibility index (Phi) is 5.25. The van der Waals surface area contributed by atoms with Crippen LogP contribution < -0.4 is 15.2 Å². The second-order valence-corrected chi connectivity index (χ2v) is 4.76. The van der Waals surface area contributed by atoms with Crippen molar-refractivity contribution in [3.8, 4) is 11.5 Å². The first-order valence-electron chi connectivity index (χ1n) is 6.90. The molecule has 5 nitrogen and oxygen atoms in total. The predicted octanol–water partition coefficient (Wildman–Crippen LogP) is 2.82. The molecule has 0 unspecified atom stereocenters. The number of carbonyl (C=O) groups excluding carboxylic acids is 1. The van der Waals surface area contributed by atoms with Crippen LogP contribution in [-0.2, 0) is 4.74 Å². The van der Waals surface area contributed by atoms with Crippen LogP contribution in [0, 0.1) is 6.92 Å². The van der Waals surface area contributed by atoms with Crippen LogP contribution in [0.25, 0.3) is 0 Å². The minimum absolute atomic E-state index is 0.322. The highest BCUT2D eigenvalue weighted by Gasteiger charge is 2.09. The van der Waals surface area contributed by atoms with E-state index in [4.69, 9.17) is 15.2 Å². The molecule has 2 aromatic carbocycles. The Balaban J connectivity index is 1.90. The summed E-state index contributed by atoms with van der Waals surface area (Å²) in [6, 6.07) is 12.5. The van der Waals surface area contributed by atoms with Gasteiger partial charge in [0.05, 0.1) is 18.4 Å². The molecule has 0 aliphatic heterocycles. The summed E-state index contributed by atoms with van der Waals surface area (Å²) >= 11 is 0. The number of anilines is 1. The minimum Gasteiger partial charge on any atom is -0.490 e. The van der Waals surface area contributed by atoms with Crippen LogP contribution in [0.5, 0.6) is 11.5 Å². The number of benzene rings is 2. The lowest BCUT2D eigenvalue weighted by atomic mass is 10.2. The third-order valence-corrected chi connectivity index (χ3v) is 3.03. The van der Waals surface area contributed by atoms with E-state index < -0.39 is 5.97 Å². The van der Waals surface area contributed by atoms with Crippen molar-refractivity contribution in [1.29, 1.82) is 0 Å². The Morgan fingerprint density at radius 2 is 1.86 bits per heavy atom. The van der Waals surface area contributed by atoms with Gasteiger partial charge in [0.2, 0.25) is 0 Å². The maximum absolute atomic E-state index is 11.5. The van der Waals surface area contributed by atoms with Gasteiger partial charge < -0.3 is 19.9 Å². The molecule has 2 aromatic rings. The van der Waals surface area contributed by atoms with E-state index in [0.29, 0.717) is 30.2 Å². The highest BCUT2D eigenvalue weighted by atomic mass is 16.5. The van der Waals surface area contributed by atoms with E-state index >= 15 is 0 Å². The lowest BCUT2D eigenvalue weighted by Gasteiger charge is -2.11. The van der Waals surface area contributed by atoms with Crippen molar-refractivity contribution in [2.45, 2.75) is 6.92 Å². The van der Waals surface area contributed by atoms with Crippen LogP contribution in [-0.4, -0.2) is 26.3 Å². The Hall–Kier alpha value is -2.69. The molecule has 0 saturated heterocycles. The summed E-state index contributed by atoms with van der Waals surface area (Å²) in [5, 5.41) is 0. The number of esters is 1. The van der Waals surface area contributed by atoms with Gasteiger partial charge in [-0.1, -0.05) is 12.1 Å². The Labute approximate surface area is 129 Å². The molecule has 0 aliphatic carbocycles. The van der Waals surface area contributed by atoms with Gasteiger partial charge >= 0.3 is 5.97 Å². The Morgan fingerprint density at radius 1 is 1.09 bits per heavy atom. The zero-order chi connectivity index (χ0) is 15.9. The van der Waals surface area contributed by atoms with E-state index in [0.717, 1.165) is 11.3 Å². The standard InChI is InChI=1S/C17H19NO4/c1-12-4-3-5-14(10-12)21-8-9-22-16-11-13(17(19)20-2)6-7-15(16)18/h3-7,10-11H,8-9,18H2,1-2H3. The topological polar surface area (TPSA) is 70.8 Å². The number of rotatable bonds is 6. The average Bonchev–Trinajstić information content (AvgIpc) is 2.52. The molecule has 22 heavy (non-hydrogen) atoms. The van der Waals surface area contributed by atoms with Crippen molar-refractivity contribution in [3.05, 3.63) is 53.6 Å². The molecular weight excluding hydrogens is 282 g/mol. The molecule has 2 N–H and O–H groups in total. The van der Waals surface area contributed by atoms with Crippen LogP contribution >= 0.6 is 0 Å². The minimum atomic E-state index is -0.430. The van der Waals surface area contributed by atoms with Gasteiger partial charge in [0.1, 0.15) is 24.7 Å². The second-order valence-electron chi connectivity index (χ2n) is 4.76. The SMILES string of the molecule is COC(=O)c1ccc(N)c(OCCOc2cccc(C)c2)c1. The van der Waals surface area contributed by atoms with Crippen LogP contribution in [0.1, 0.15) is 15.9 Å². The van der Waals surface area contributed by atoms with Crippen molar-refractivity contribution in [3.63, 3.8) is 0 Å². The van der Waals surface area contributed by atoms with Gasteiger partial charge in [-0.3, -0.25) is 0 Å². The third kappa shape index (κ3) is 4.15. The number of nitrogen functional groups attached to an aromatic ring is 1. The van der Waals surface area contributed by atoms with Crippen molar-refractivity contribution >= 4 is 11.7 Å². The molecule has 0 radical (unpaired) electrons. The molecular formula is C17H19NO4. The van der Waals surface area contributed by atoms with Gasteiger partial charge in [0.15, 0.2) is 0 Å². The van der Waals surface area contributed by atoms with E-state index in [1.165, 1.54) is 7.11 Å². The summed E-state index contributed by atoms with van der Waals surface area (Å²) < 4.78 is 15.8. The smallest absolute Gasteiger partial charge is 0.337 e. The fourth-order valence-corrected chi connectivity index (χ4v) is 1.92. The maximum atomic E-state index is 11.5. The first kappa shape index (κ1) is 15.7. The lowest BCUT2D eigenvalue weighted by molar-refractivity contribution is 0.0600. The summed E-state index contributed by atoms with van der Waals surface area (Å²) in [6.45, 7) is 2.70. The van der Waals surface area contributed by atoms with Crippen LogP contribution in [0.4, 0.5) is 5.69 Å². The van der Waals surface area contributed by atoms with Gasteiger partial charge in [-0.2, -0.15) is 0 Å². The second kappa shape index (κ2) is 7.36. The summed E-state index contributed by atoms with van der Waals surface area (Å²) in [5.74, 6) is 0.802. The molecule has 0 amide bonds. The van der Waals surface area contributed by atoms with Gasteiger partial charge in [0.25, 0.3) is 0 Å². The van der Waals surface area contributed by atoms with Crippen molar-refractivity contribution < 1.29 is 19.0 Å². The molecule has 0 aliphatic rings. The van der Waals surface area contributed by atoms with E-state index in [9.17, 15) is 4.79 Å². The summed E-state index contributed by atoms with van der Waals surface area (Å²) in [6.07, 6.45) is 0. The molecule has 0 spiro atoms. The third-order valence-electron chi connectivity index (χ3n) is 3.03. The highest BCUT2D eigenvalue weighted by Crippen LogP contribution is 2.23. The first-order valence-corrected chi connectivity index (χ1v) is 6.90. The van der Waals surface area contributed by atoms with Crippen LogP contribution in [0.2, 0.25) is 0 Å². The summed E-state index contributed by atoms with van der Waals surface area (Å²) in [7, 11) is 1.33. The van der Waals surface area contributed by atoms with Gasteiger partial charge in [-0.25, -0.2) is 4.79 Å². The Morgan fingerprint density at radius 3 is 2.59 bits per heavy atom. The van der Waals surface area contributed by atoms with E-state index in [-0.39, 0.29) is 0 Å². The quantitative estimate of drug-likeness (QED) is 0.504. The van der Waals surface area contributed by atoms with Crippen molar-refractivity contribution in [2.24, 2.45) is 0 Å². The molecule has 2 rings (SSSR count). The molecule has 5 heteroatoms. The monoisotopic (exact) mass is 301 g/mol. The average molecular weight is 301 g/mol. The number of ether oxygens (including phenoxy) is 3. The van der Waals surface area contributed by atoms with Crippen LogP contribution in [0.3, 0.4) is 0 Å². The molecule has 0 aromatic heterocycles. The number of carbonyl (C=O) groups is 1. The summed E-state index contributed by atoms with van der Waals surface area (Å²) in [4.78, 5) is 11.5. The summed E-state index contributed by atoms with van der Waals surface area (Å²) in [5.41, 5.74) is 7.82. The van der Waals surface area contributed by atoms with E-state index in [1.54, 1.807) is 18.2 Å². The van der Waals surface area contributed by atoms with Gasteiger partial charge in [0, 0.05) is 0 Å². The van der Waals surface area contributed by atoms with E-state index in [1.807, 2.05) is 31.2 Å². The normalized spacial score (nSPS) is 10.1. The van der Waals surface area contributed by atoms with Gasteiger partial charge in [-0.15, -0.1) is 0 Å². The zero-order valence-electron chi connectivity index (χ0n) is 12.7. The van der Waals surface area contributed by atoms with Crippen molar-refractivity contribution in [1.82, 2.24) is 0 Å². The maximum Gasteiger partial charge on any atom is 0.337 e. The number of nitrogens with two attached hydrogens (primary N) is 1. The van der Waals surface area contributed by atoms with Gasteiger partial charge in [-0.05, 0) is 42.8 Å². The first-order chi connectivity index (χ1) is 10.6. The molecule has 0 saturated carbocycles. The largest absolute Gasteiger partial charge is 0.490 e. The molecule has 0 fully saturated rings. The number of aryl methyl sites for hydroxylation is 1. The van der Waals surface area contributed by atoms with Crippen LogP contribution in [0.15, 0.2) is 42.5 Å². The molecule has 0 heterocycles. The molecule has 116 valence electrons. The number of hydrogen-bond acceptors (Lipinski definition) is 5. The van der Waals surface area contributed by atoms with Crippen molar-refractivity contribution in [2.75, 3.05) is 26.1 Å². The molecule has 0 bridgehead atoms. The number of hydrogen-bond donors (Lipinski definition) is 1. The zero-order valence-corrected chi connectivity index (χ0v) is 12.7. The lowest BCUT2D eigenvalue weighted by Crippen LogP contribution is -2.11. The number of methoxy groups -OCH3 is 1. The highest BCUT2D eigenvalue weighted by molar-refractivity contribution is 5.90. The molecule has 0 atom stereocenters. The van der Waals surface area contributed by atoms with E-state index in [2.05, 4.69) is 4.74 Å². The Bertz CT molecular complexity index is 655.